The van der Waals surface area contributed by atoms with E-state index in [0.29, 0.717) is 5.92 Å². The van der Waals surface area contributed by atoms with Gasteiger partial charge >= 0.3 is 0 Å². The summed E-state index contributed by atoms with van der Waals surface area (Å²) in [6.07, 6.45) is 3.62. The van der Waals surface area contributed by atoms with E-state index in [1.165, 1.54) is 11.1 Å². The van der Waals surface area contributed by atoms with Gasteiger partial charge in [0.05, 0.1) is 23.7 Å². The van der Waals surface area contributed by atoms with Gasteiger partial charge in [0.1, 0.15) is 0 Å². The summed E-state index contributed by atoms with van der Waals surface area (Å²) in [6, 6.07) is 17.1. The fraction of sp³-hybridized carbons (Fsp3) is 0.391. The Balaban J connectivity index is 1.54. The molecule has 1 saturated heterocycles. The standard InChI is InChI=1S/C23H28N4O/c1-17(2)20-5-3-6-21(13-20)27-23(14-24-25-27)19-10-8-18(9-11-19)15-26-12-4-7-22(28)16-26/h3,5-6,8-11,13-14,17,22,28H,4,7,12,15-16H2,1-2H3. The number of aliphatic hydroxyl groups is 1. The third-order valence-corrected chi connectivity index (χ3v) is 5.47. The molecule has 2 heterocycles. The molecule has 1 atom stereocenters. The van der Waals surface area contributed by atoms with E-state index in [1.807, 2.05) is 10.9 Å². The number of likely N-dealkylation sites (tertiary alicyclic amines) is 1. The smallest absolute Gasteiger partial charge is 0.0944 e. The summed E-state index contributed by atoms with van der Waals surface area (Å²) in [7, 11) is 0. The highest BCUT2D eigenvalue weighted by molar-refractivity contribution is 5.61. The van der Waals surface area contributed by atoms with Crippen LogP contribution >= 0.6 is 0 Å². The number of hydrogen-bond acceptors (Lipinski definition) is 4. The van der Waals surface area contributed by atoms with Crippen LogP contribution in [-0.4, -0.2) is 44.2 Å². The zero-order valence-electron chi connectivity index (χ0n) is 16.6. The Kier molecular flexibility index (Phi) is 5.55. The lowest BCUT2D eigenvalue weighted by molar-refractivity contribution is 0.0668. The summed E-state index contributed by atoms with van der Waals surface area (Å²) in [5, 5.41) is 18.3. The van der Waals surface area contributed by atoms with E-state index in [2.05, 4.69) is 77.6 Å². The van der Waals surface area contributed by atoms with Gasteiger partial charge in [-0.05, 0) is 48.6 Å². The number of benzene rings is 2. The van der Waals surface area contributed by atoms with Crippen LogP contribution in [-0.2, 0) is 6.54 Å². The van der Waals surface area contributed by atoms with Gasteiger partial charge in [-0.3, -0.25) is 4.90 Å². The molecule has 5 heteroatoms. The minimum atomic E-state index is -0.185. The third kappa shape index (κ3) is 4.16. The van der Waals surface area contributed by atoms with Crippen LogP contribution in [0.4, 0.5) is 0 Å². The molecule has 1 fully saturated rings. The molecule has 1 aromatic heterocycles. The van der Waals surface area contributed by atoms with Crippen LogP contribution in [0.25, 0.3) is 16.9 Å². The fourth-order valence-corrected chi connectivity index (χ4v) is 3.85. The van der Waals surface area contributed by atoms with E-state index in [4.69, 9.17) is 0 Å². The Morgan fingerprint density at radius 3 is 2.71 bits per heavy atom. The summed E-state index contributed by atoms with van der Waals surface area (Å²) >= 11 is 0. The van der Waals surface area contributed by atoms with Gasteiger partial charge in [-0.25, -0.2) is 4.68 Å². The van der Waals surface area contributed by atoms with Crippen LogP contribution in [0, 0.1) is 0 Å². The van der Waals surface area contributed by atoms with Gasteiger partial charge in [-0.1, -0.05) is 55.5 Å². The fourth-order valence-electron chi connectivity index (χ4n) is 3.85. The number of aromatic nitrogens is 3. The summed E-state index contributed by atoms with van der Waals surface area (Å²) in [4.78, 5) is 2.33. The van der Waals surface area contributed by atoms with Crippen molar-refractivity contribution in [3.63, 3.8) is 0 Å². The van der Waals surface area contributed by atoms with Crippen LogP contribution in [0.15, 0.2) is 54.7 Å². The summed E-state index contributed by atoms with van der Waals surface area (Å²) in [6.45, 7) is 7.10. The van der Waals surface area contributed by atoms with Gasteiger partial charge in [-0.2, -0.15) is 0 Å². The van der Waals surface area contributed by atoms with Gasteiger partial charge in [0.25, 0.3) is 0 Å². The van der Waals surface area contributed by atoms with Crippen molar-refractivity contribution < 1.29 is 5.11 Å². The SMILES string of the molecule is CC(C)c1cccc(-n2nncc2-c2ccc(CN3CCCC(O)C3)cc2)c1. The van der Waals surface area contributed by atoms with E-state index < -0.39 is 0 Å². The molecule has 5 nitrogen and oxygen atoms in total. The largest absolute Gasteiger partial charge is 0.392 e. The van der Waals surface area contributed by atoms with Gasteiger partial charge < -0.3 is 5.11 Å². The normalized spacial score (nSPS) is 17.9. The maximum Gasteiger partial charge on any atom is 0.0944 e. The quantitative estimate of drug-likeness (QED) is 0.731. The molecule has 1 unspecified atom stereocenters. The Bertz CT molecular complexity index is 916. The summed E-state index contributed by atoms with van der Waals surface area (Å²) < 4.78 is 1.90. The second-order valence-electron chi connectivity index (χ2n) is 8.01. The van der Waals surface area contributed by atoms with E-state index in [1.54, 1.807) is 0 Å². The van der Waals surface area contributed by atoms with E-state index in [-0.39, 0.29) is 6.10 Å². The molecule has 1 aliphatic rings. The van der Waals surface area contributed by atoms with Crippen LogP contribution < -0.4 is 0 Å². The first-order valence-corrected chi connectivity index (χ1v) is 10.1. The second kappa shape index (κ2) is 8.25. The van der Waals surface area contributed by atoms with Gasteiger partial charge in [0.15, 0.2) is 0 Å². The molecular weight excluding hydrogens is 348 g/mol. The molecule has 1 aliphatic heterocycles. The molecule has 28 heavy (non-hydrogen) atoms. The number of β-amino-alcohol motifs (C(OH)–C–C–N with tert-alkyl or cyclic N) is 1. The van der Waals surface area contributed by atoms with E-state index in [0.717, 1.165) is 49.4 Å². The van der Waals surface area contributed by atoms with Crippen molar-refractivity contribution in [1.82, 2.24) is 19.9 Å². The highest BCUT2D eigenvalue weighted by Crippen LogP contribution is 2.24. The maximum absolute atomic E-state index is 9.86. The summed E-state index contributed by atoms with van der Waals surface area (Å²) in [5.74, 6) is 0.472. The van der Waals surface area contributed by atoms with Crippen LogP contribution in [0.1, 0.15) is 43.7 Å². The van der Waals surface area contributed by atoms with E-state index >= 15 is 0 Å². The second-order valence-corrected chi connectivity index (χ2v) is 8.01. The Hall–Kier alpha value is -2.50. The Morgan fingerprint density at radius 2 is 1.96 bits per heavy atom. The number of hydrogen-bond donors (Lipinski definition) is 1. The van der Waals surface area contributed by atoms with Gasteiger partial charge in [0, 0.05) is 18.7 Å². The highest BCUT2D eigenvalue weighted by atomic mass is 16.3. The molecule has 146 valence electrons. The molecule has 0 saturated carbocycles. The van der Waals surface area contributed by atoms with Crippen molar-refractivity contribution in [2.45, 2.75) is 45.3 Å². The summed E-state index contributed by atoms with van der Waals surface area (Å²) in [5.41, 5.74) is 5.67. The minimum absolute atomic E-state index is 0.185. The lowest BCUT2D eigenvalue weighted by Gasteiger charge is -2.29. The lowest BCUT2D eigenvalue weighted by atomic mass is 10.0. The maximum atomic E-state index is 9.86. The van der Waals surface area contributed by atoms with Crippen molar-refractivity contribution in [2.75, 3.05) is 13.1 Å². The zero-order valence-corrected chi connectivity index (χ0v) is 16.6. The first kappa shape index (κ1) is 18.8. The predicted molar refractivity (Wildman–Crippen MR) is 111 cm³/mol. The minimum Gasteiger partial charge on any atom is -0.392 e. The van der Waals surface area contributed by atoms with Crippen LogP contribution in [0.3, 0.4) is 0 Å². The number of piperidine rings is 1. The molecule has 0 aliphatic carbocycles. The molecular formula is C23H28N4O. The Labute approximate surface area is 166 Å². The molecule has 3 aromatic rings. The molecule has 2 aromatic carbocycles. The van der Waals surface area contributed by atoms with Crippen LogP contribution in [0.2, 0.25) is 0 Å². The molecule has 0 bridgehead atoms. The van der Waals surface area contributed by atoms with Crippen LogP contribution in [0.5, 0.6) is 0 Å². The third-order valence-electron chi connectivity index (χ3n) is 5.47. The molecule has 0 spiro atoms. The molecule has 0 amide bonds. The predicted octanol–water partition coefficient (Wildman–Crippen LogP) is 4.01. The van der Waals surface area contributed by atoms with Crippen molar-refractivity contribution in [3.8, 4) is 16.9 Å². The van der Waals surface area contributed by atoms with Crippen molar-refractivity contribution in [3.05, 3.63) is 65.9 Å². The van der Waals surface area contributed by atoms with Crippen molar-refractivity contribution >= 4 is 0 Å². The van der Waals surface area contributed by atoms with Crippen molar-refractivity contribution in [1.29, 1.82) is 0 Å². The average molecular weight is 377 g/mol. The molecule has 0 radical (unpaired) electrons. The molecule has 4 rings (SSSR count). The number of nitrogens with zero attached hydrogens (tertiary/aromatic N) is 4. The topological polar surface area (TPSA) is 54.2 Å². The lowest BCUT2D eigenvalue weighted by Crippen LogP contribution is -2.37. The molecule has 1 N–H and O–H groups in total. The first-order chi connectivity index (χ1) is 13.6. The van der Waals surface area contributed by atoms with Gasteiger partial charge in [0.2, 0.25) is 0 Å². The van der Waals surface area contributed by atoms with E-state index in [9.17, 15) is 5.11 Å². The Morgan fingerprint density at radius 1 is 1.14 bits per heavy atom. The average Bonchev–Trinajstić information content (AvgIpc) is 3.18. The highest BCUT2D eigenvalue weighted by Gasteiger charge is 2.17. The zero-order chi connectivity index (χ0) is 19.5. The monoisotopic (exact) mass is 376 g/mol. The number of rotatable bonds is 5. The van der Waals surface area contributed by atoms with Crippen molar-refractivity contribution in [2.24, 2.45) is 0 Å². The number of aliphatic hydroxyl groups excluding tert-OH is 1. The first-order valence-electron chi connectivity index (χ1n) is 10.1. The van der Waals surface area contributed by atoms with Gasteiger partial charge in [-0.15, -0.1) is 5.10 Å².